The van der Waals surface area contributed by atoms with Crippen molar-refractivity contribution in [1.82, 2.24) is 4.90 Å². The van der Waals surface area contributed by atoms with Gasteiger partial charge < -0.3 is 34.7 Å². The van der Waals surface area contributed by atoms with Gasteiger partial charge in [-0.3, -0.25) is 0 Å². The fourth-order valence-electron chi connectivity index (χ4n) is 4.83. The molecule has 0 spiro atoms. The van der Waals surface area contributed by atoms with Crippen molar-refractivity contribution in [2.45, 2.75) is 25.7 Å². The van der Waals surface area contributed by atoms with Crippen LogP contribution in [-0.4, -0.2) is 56.9 Å². The van der Waals surface area contributed by atoms with Gasteiger partial charge in [-0.25, -0.2) is 4.79 Å². The van der Waals surface area contributed by atoms with E-state index >= 15 is 0 Å². The molecule has 34 heavy (non-hydrogen) atoms. The van der Waals surface area contributed by atoms with E-state index in [9.17, 15) is 4.79 Å². The number of urea groups is 1. The molecule has 2 aliphatic heterocycles. The molecule has 1 saturated heterocycles. The smallest absolute Gasteiger partial charge is 0.316 e. The number of primary amides is 1. The molecule has 180 valence electrons. The Kier molecular flexibility index (Phi) is 6.76. The number of unbranched alkanes of at least 4 members (excludes halogenated alkanes) is 1. The highest BCUT2D eigenvalue weighted by Gasteiger charge is 2.19. The largest absolute Gasteiger partial charge is 0.486 e. The standard InChI is InChI=1S/C26H32N4O4/c27-26(31)28-25-20-6-1-2-7-21(20)34-23(25)8-3-4-11-29-12-5-13-30(15-14-29)19-9-10-22-24(18-19)33-17-16-32-22/h1-2,6-7,9-10,18H,3-5,8,11-17H2,(H3,27,28,31). The van der Waals surface area contributed by atoms with Gasteiger partial charge in [-0.2, -0.15) is 0 Å². The molecule has 8 nitrogen and oxygen atoms in total. The van der Waals surface area contributed by atoms with Gasteiger partial charge in [0.1, 0.15) is 24.6 Å². The number of carbonyl (C=O) groups is 1. The average molecular weight is 465 g/mol. The van der Waals surface area contributed by atoms with Gasteiger partial charge in [0.2, 0.25) is 0 Å². The van der Waals surface area contributed by atoms with Crippen molar-refractivity contribution in [1.29, 1.82) is 0 Å². The molecule has 0 radical (unpaired) electrons. The van der Waals surface area contributed by atoms with Gasteiger partial charge in [0.25, 0.3) is 0 Å². The van der Waals surface area contributed by atoms with E-state index in [0.717, 1.165) is 86.6 Å². The number of furan rings is 1. The molecule has 3 aromatic rings. The maximum atomic E-state index is 11.5. The molecule has 2 amide bonds. The number of benzene rings is 2. The van der Waals surface area contributed by atoms with E-state index in [0.29, 0.717) is 18.9 Å². The lowest BCUT2D eigenvalue weighted by atomic mass is 10.1. The monoisotopic (exact) mass is 464 g/mol. The Labute approximate surface area is 199 Å². The van der Waals surface area contributed by atoms with Crippen molar-refractivity contribution < 1.29 is 18.7 Å². The first-order valence-corrected chi connectivity index (χ1v) is 12.1. The zero-order valence-corrected chi connectivity index (χ0v) is 19.4. The first kappa shape index (κ1) is 22.4. The van der Waals surface area contributed by atoms with Crippen molar-refractivity contribution in [2.75, 3.05) is 56.2 Å². The summed E-state index contributed by atoms with van der Waals surface area (Å²) in [4.78, 5) is 16.5. The summed E-state index contributed by atoms with van der Waals surface area (Å²) in [5, 5.41) is 3.64. The minimum atomic E-state index is -0.570. The molecular weight excluding hydrogens is 432 g/mol. The molecule has 2 aromatic carbocycles. The van der Waals surface area contributed by atoms with E-state index < -0.39 is 6.03 Å². The summed E-state index contributed by atoms with van der Waals surface area (Å²) in [6.07, 6.45) is 3.94. The summed E-state index contributed by atoms with van der Waals surface area (Å²) in [6.45, 7) is 6.44. The number of carbonyl (C=O) groups excluding carboxylic acids is 1. The number of aryl methyl sites for hydroxylation is 1. The van der Waals surface area contributed by atoms with Crippen molar-refractivity contribution in [3.63, 3.8) is 0 Å². The molecule has 1 fully saturated rings. The number of amides is 2. The number of para-hydroxylation sites is 1. The summed E-state index contributed by atoms with van der Waals surface area (Å²) >= 11 is 0. The molecule has 0 atom stereocenters. The van der Waals surface area contributed by atoms with Crippen LogP contribution in [0.2, 0.25) is 0 Å². The van der Waals surface area contributed by atoms with E-state index in [2.05, 4.69) is 27.2 Å². The number of ether oxygens (including phenoxy) is 2. The van der Waals surface area contributed by atoms with E-state index in [1.165, 1.54) is 5.69 Å². The third-order valence-corrected chi connectivity index (χ3v) is 6.52. The normalized spacial score (nSPS) is 16.4. The number of rotatable bonds is 7. The van der Waals surface area contributed by atoms with Gasteiger partial charge in [0, 0.05) is 43.2 Å². The van der Waals surface area contributed by atoms with Crippen LogP contribution in [0.5, 0.6) is 11.5 Å². The highest BCUT2D eigenvalue weighted by atomic mass is 16.6. The highest BCUT2D eigenvalue weighted by molar-refractivity contribution is 6.00. The fourth-order valence-corrected chi connectivity index (χ4v) is 4.83. The van der Waals surface area contributed by atoms with Gasteiger partial charge >= 0.3 is 6.03 Å². The van der Waals surface area contributed by atoms with Gasteiger partial charge in [0.05, 0.1) is 5.69 Å². The van der Waals surface area contributed by atoms with E-state index in [-0.39, 0.29) is 0 Å². The SMILES string of the molecule is NC(=O)Nc1c(CCCCN2CCCN(c3ccc4c(c3)OCCO4)CC2)oc2ccccc12. The van der Waals surface area contributed by atoms with Crippen LogP contribution < -0.4 is 25.4 Å². The Balaban J connectivity index is 1.13. The fraction of sp³-hybridized carbons (Fsp3) is 0.423. The number of hydrogen-bond acceptors (Lipinski definition) is 6. The molecule has 5 rings (SSSR count). The first-order chi connectivity index (χ1) is 16.7. The average Bonchev–Trinajstić information content (AvgIpc) is 3.02. The van der Waals surface area contributed by atoms with Gasteiger partial charge in [-0.05, 0) is 56.6 Å². The molecule has 1 aromatic heterocycles. The van der Waals surface area contributed by atoms with Crippen LogP contribution >= 0.6 is 0 Å². The minimum Gasteiger partial charge on any atom is -0.486 e. The number of nitrogens with one attached hydrogen (secondary N) is 1. The summed E-state index contributed by atoms with van der Waals surface area (Å²) in [7, 11) is 0. The Morgan fingerprint density at radius 2 is 1.82 bits per heavy atom. The maximum Gasteiger partial charge on any atom is 0.316 e. The van der Waals surface area contributed by atoms with Gasteiger partial charge in [-0.1, -0.05) is 12.1 Å². The Hall–Kier alpha value is -3.39. The third kappa shape index (κ3) is 5.07. The molecule has 0 aliphatic carbocycles. The molecule has 0 bridgehead atoms. The lowest BCUT2D eigenvalue weighted by Gasteiger charge is -2.26. The van der Waals surface area contributed by atoms with Crippen LogP contribution in [0.3, 0.4) is 0 Å². The zero-order valence-electron chi connectivity index (χ0n) is 19.4. The van der Waals surface area contributed by atoms with E-state index in [4.69, 9.17) is 19.6 Å². The van der Waals surface area contributed by atoms with Crippen molar-refractivity contribution in [2.24, 2.45) is 5.73 Å². The lowest BCUT2D eigenvalue weighted by molar-refractivity contribution is 0.171. The molecular formula is C26H32N4O4. The summed E-state index contributed by atoms with van der Waals surface area (Å²) in [6, 6.07) is 13.4. The molecule has 8 heteroatoms. The molecule has 3 heterocycles. The lowest BCUT2D eigenvalue weighted by Crippen LogP contribution is -2.31. The number of anilines is 2. The Morgan fingerprint density at radius 1 is 0.971 bits per heavy atom. The highest BCUT2D eigenvalue weighted by Crippen LogP contribution is 2.34. The predicted molar refractivity (Wildman–Crippen MR) is 133 cm³/mol. The second kappa shape index (κ2) is 10.3. The predicted octanol–water partition coefficient (Wildman–Crippen LogP) is 4.23. The first-order valence-electron chi connectivity index (χ1n) is 12.1. The van der Waals surface area contributed by atoms with E-state index in [1.807, 2.05) is 30.3 Å². The van der Waals surface area contributed by atoms with Crippen molar-refractivity contribution in [3.05, 3.63) is 48.2 Å². The Morgan fingerprint density at radius 3 is 2.71 bits per heavy atom. The van der Waals surface area contributed by atoms with Crippen LogP contribution in [0, 0.1) is 0 Å². The second-order valence-corrected chi connectivity index (χ2v) is 8.85. The third-order valence-electron chi connectivity index (χ3n) is 6.52. The molecule has 3 N–H and O–H groups in total. The molecule has 0 unspecified atom stereocenters. The number of fused-ring (bicyclic) bond motifs is 2. The summed E-state index contributed by atoms with van der Waals surface area (Å²) in [5.41, 5.74) is 8.05. The number of nitrogens with two attached hydrogens (primary N) is 1. The van der Waals surface area contributed by atoms with Crippen LogP contribution in [0.4, 0.5) is 16.2 Å². The second-order valence-electron chi connectivity index (χ2n) is 8.85. The van der Waals surface area contributed by atoms with Crippen LogP contribution in [0.1, 0.15) is 25.0 Å². The van der Waals surface area contributed by atoms with E-state index in [1.54, 1.807) is 0 Å². The minimum absolute atomic E-state index is 0.570. The topological polar surface area (TPSA) is 93.2 Å². The number of hydrogen-bond donors (Lipinski definition) is 2. The zero-order chi connectivity index (χ0) is 23.3. The van der Waals surface area contributed by atoms with Crippen LogP contribution in [0.15, 0.2) is 46.9 Å². The number of nitrogens with zero attached hydrogens (tertiary/aromatic N) is 2. The molecule has 0 saturated carbocycles. The van der Waals surface area contributed by atoms with Crippen molar-refractivity contribution in [3.8, 4) is 11.5 Å². The van der Waals surface area contributed by atoms with Crippen LogP contribution in [0.25, 0.3) is 11.0 Å². The summed E-state index contributed by atoms with van der Waals surface area (Å²) in [5.74, 6) is 2.48. The van der Waals surface area contributed by atoms with Crippen LogP contribution in [-0.2, 0) is 6.42 Å². The van der Waals surface area contributed by atoms with Gasteiger partial charge in [-0.15, -0.1) is 0 Å². The summed E-state index contributed by atoms with van der Waals surface area (Å²) < 4.78 is 17.4. The Bertz CT molecular complexity index is 1150. The maximum absolute atomic E-state index is 11.5. The quantitative estimate of drug-likeness (QED) is 0.509. The van der Waals surface area contributed by atoms with Crippen molar-refractivity contribution >= 4 is 28.4 Å². The van der Waals surface area contributed by atoms with Gasteiger partial charge in [0.15, 0.2) is 11.5 Å². The molecule has 2 aliphatic rings.